The van der Waals surface area contributed by atoms with Gasteiger partial charge in [-0.05, 0) is 47.3 Å². The Bertz CT molecular complexity index is 434. The van der Waals surface area contributed by atoms with Gasteiger partial charge in [0.25, 0.3) is 5.91 Å². The average Bonchev–Trinajstić information content (AvgIpc) is 2.17. The Morgan fingerprint density at radius 2 is 2.19 bits per heavy atom. The first-order valence-electron chi connectivity index (χ1n) is 5.03. The SMILES string of the molecule is O=C(NC1CCC1)c1cc(F)cc(Br)c1Cl. The van der Waals surface area contributed by atoms with Gasteiger partial charge in [-0.2, -0.15) is 0 Å². The summed E-state index contributed by atoms with van der Waals surface area (Å²) in [5, 5.41) is 3.07. The first kappa shape index (κ1) is 11.9. The summed E-state index contributed by atoms with van der Waals surface area (Å²) < 4.78 is 13.5. The first-order valence-corrected chi connectivity index (χ1v) is 6.20. The van der Waals surface area contributed by atoms with Crippen molar-refractivity contribution in [1.29, 1.82) is 0 Å². The summed E-state index contributed by atoms with van der Waals surface area (Å²) in [5.74, 6) is -0.787. The van der Waals surface area contributed by atoms with Gasteiger partial charge in [-0.3, -0.25) is 4.79 Å². The summed E-state index contributed by atoms with van der Waals surface area (Å²) in [6.07, 6.45) is 3.10. The molecule has 0 atom stereocenters. The fourth-order valence-corrected chi connectivity index (χ4v) is 2.16. The Kier molecular flexibility index (Phi) is 3.50. The molecular weight excluding hydrogens is 296 g/mol. The van der Waals surface area contributed by atoms with Gasteiger partial charge in [0.1, 0.15) is 5.82 Å². The molecule has 86 valence electrons. The zero-order valence-electron chi connectivity index (χ0n) is 8.40. The predicted molar refractivity (Wildman–Crippen MR) is 64.2 cm³/mol. The molecule has 1 aromatic carbocycles. The molecule has 0 aromatic heterocycles. The maximum absolute atomic E-state index is 13.1. The van der Waals surface area contributed by atoms with Crippen molar-refractivity contribution >= 4 is 33.4 Å². The lowest BCUT2D eigenvalue weighted by atomic mass is 9.93. The normalized spacial score (nSPS) is 15.7. The number of carbonyl (C=O) groups excluding carboxylic acids is 1. The highest BCUT2D eigenvalue weighted by atomic mass is 79.9. The molecule has 1 saturated carbocycles. The first-order chi connectivity index (χ1) is 7.58. The molecule has 0 saturated heterocycles. The van der Waals surface area contributed by atoms with Crippen LogP contribution in [0, 0.1) is 5.82 Å². The van der Waals surface area contributed by atoms with Crippen molar-refractivity contribution in [3.8, 4) is 0 Å². The second-order valence-electron chi connectivity index (χ2n) is 3.85. The van der Waals surface area contributed by atoms with Gasteiger partial charge in [0, 0.05) is 10.5 Å². The fraction of sp³-hybridized carbons (Fsp3) is 0.364. The number of rotatable bonds is 2. The zero-order chi connectivity index (χ0) is 11.7. The van der Waals surface area contributed by atoms with Gasteiger partial charge >= 0.3 is 0 Å². The molecule has 16 heavy (non-hydrogen) atoms. The van der Waals surface area contributed by atoms with E-state index in [0.717, 1.165) is 25.3 Å². The van der Waals surface area contributed by atoms with Gasteiger partial charge < -0.3 is 5.32 Å². The third-order valence-corrected chi connectivity index (χ3v) is 3.94. The van der Waals surface area contributed by atoms with Crippen LogP contribution in [-0.2, 0) is 0 Å². The minimum absolute atomic E-state index is 0.181. The van der Waals surface area contributed by atoms with Crippen LogP contribution in [0.4, 0.5) is 4.39 Å². The smallest absolute Gasteiger partial charge is 0.253 e. The van der Waals surface area contributed by atoms with Gasteiger partial charge in [-0.15, -0.1) is 0 Å². The van der Waals surface area contributed by atoms with Crippen molar-refractivity contribution in [2.24, 2.45) is 0 Å². The number of amides is 1. The highest BCUT2D eigenvalue weighted by molar-refractivity contribution is 9.10. The summed E-state index contributed by atoms with van der Waals surface area (Å²) in [6, 6.07) is 2.61. The van der Waals surface area contributed by atoms with Crippen molar-refractivity contribution in [3.05, 3.63) is 33.0 Å². The van der Waals surface area contributed by atoms with Crippen LogP contribution in [0.2, 0.25) is 5.02 Å². The van der Waals surface area contributed by atoms with E-state index < -0.39 is 5.82 Å². The monoisotopic (exact) mass is 305 g/mol. The van der Waals surface area contributed by atoms with E-state index >= 15 is 0 Å². The molecule has 0 heterocycles. The molecule has 2 rings (SSSR count). The molecule has 0 unspecified atom stereocenters. The maximum Gasteiger partial charge on any atom is 0.253 e. The van der Waals surface area contributed by atoms with Gasteiger partial charge in [0.15, 0.2) is 0 Å². The molecule has 0 bridgehead atoms. The van der Waals surface area contributed by atoms with Crippen LogP contribution in [-0.4, -0.2) is 11.9 Å². The second kappa shape index (κ2) is 4.72. The van der Waals surface area contributed by atoms with Crippen molar-refractivity contribution < 1.29 is 9.18 Å². The fourth-order valence-electron chi connectivity index (χ4n) is 1.54. The minimum atomic E-state index is -0.477. The molecule has 1 aromatic rings. The van der Waals surface area contributed by atoms with E-state index in [-0.39, 0.29) is 22.5 Å². The highest BCUT2D eigenvalue weighted by Gasteiger charge is 2.22. The molecule has 1 aliphatic carbocycles. The molecule has 1 N–H and O–H groups in total. The third kappa shape index (κ3) is 2.38. The number of hydrogen-bond donors (Lipinski definition) is 1. The zero-order valence-corrected chi connectivity index (χ0v) is 10.7. The van der Waals surface area contributed by atoms with Gasteiger partial charge in [0.05, 0.1) is 10.6 Å². The Balaban J connectivity index is 2.21. The predicted octanol–water partition coefficient (Wildman–Crippen LogP) is 3.52. The molecule has 1 amide bonds. The standard InChI is InChI=1S/C11H10BrClFNO/c12-9-5-6(14)4-8(10(9)13)11(16)15-7-2-1-3-7/h4-5,7H,1-3H2,(H,15,16). The average molecular weight is 307 g/mol. The lowest BCUT2D eigenvalue weighted by Crippen LogP contribution is -2.39. The highest BCUT2D eigenvalue weighted by Crippen LogP contribution is 2.28. The molecule has 0 aliphatic heterocycles. The van der Waals surface area contributed by atoms with Crippen LogP contribution in [0.5, 0.6) is 0 Å². The van der Waals surface area contributed by atoms with E-state index in [0.29, 0.717) is 4.47 Å². The third-order valence-electron chi connectivity index (χ3n) is 2.68. The second-order valence-corrected chi connectivity index (χ2v) is 5.08. The van der Waals surface area contributed by atoms with Crippen molar-refractivity contribution in [2.45, 2.75) is 25.3 Å². The van der Waals surface area contributed by atoms with Crippen LogP contribution in [0.25, 0.3) is 0 Å². The molecule has 5 heteroatoms. The molecule has 1 fully saturated rings. The largest absolute Gasteiger partial charge is 0.349 e. The van der Waals surface area contributed by atoms with Crippen LogP contribution >= 0.6 is 27.5 Å². The van der Waals surface area contributed by atoms with Gasteiger partial charge in [0.2, 0.25) is 0 Å². The molecule has 2 nitrogen and oxygen atoms in total. The van der Waals surface area contributed by atoms with E-state index in [2.05, 4.69) is 21.2 Å². The van der Waals surface area contributed by atoms with E-state index in [1.807, 2.05) is 0 Å². The van der Waals surface area contributed by atoms with Crippen LogP contribution < -0.4 is 5.32 Å². The Hall–Kier alpha value is -0.610. The van der Waals surface area contributed by atoms with E-state index in [9.17, 15) is 9.18 Å². The molecule has 1 aliphatic rings. The summed E-state index contributed by atoms with van der Waals surface area (Å²) >= 11 is 9.04. The van der Waals surface area contributed by atoms with Crippen molar-refractivity contribution in [3.63, 3.8) is 0 Å². The number of halogens is 3. The van der Waals surface area contributed by atoms with Gasteiger partial charge in [-0.1, -0.05) is 11.6 Å². The van der Waals surface area contributed by atoms with Gasteiger partial charge in [-0.25, -0.2) is 4.39 Å². The lowest BCUT2D eigenvalue weighted by molar-refractivity contribution is 0.0916. The number of benzene rings is 1. The molecule has 0 radical (unpaired) electrons. The Morgan fingerprint density at radius 1 is 1.50 bits per heavy atom. The Labute approximate surface area is 106 Å². The quantitative estimate of drug-likeness (QED) is 0.832. The topological polar surface area (TPSA) is 29.1 Å². The number of carbonyl (C=O) groups is 1. The minimum Gasteiger partial charge on any atom is -0.349 e. The Morgan fingerprint density at radius 3 is 2.75 bits per heavy atom. The van der Waals surface area contributed by atoms with Crippen LogP contribution in [0.15, 0.2) is 16.6 Å². The molecular formula is C11H10BrClFNO. The molecule has 0 spiro atoms. The van der Waals surface area contributed by atoms with Crippen LogP contribution in [0.3, 0.4) is 0 Å². The summed E-state index contributed by atoms with van der Waals surface area (Å²) in [6.45, 7) is 0. The number of nitrogens with one attached hydrogen (secondary N) is 1. The summed E-state index contributed by atoms with van der Waals surface area (Å²) in [5.41, 5.74) is 0.181. The van der Waals surface area contributed by atoms with Crippen LogP contribution in [0.1, 0.15) is 29.6 Å². The van der Waals surface area contributed by atoms with E-state index in [1.165, 1.54) is 6.07 Å². The van der Waals surface area contributed by atoms with E-state index in [1.54, 1.807) is 0 Å². The van der Waals surface area contributed by atoms with E-state index in [4.69, 9.17) is 11.6 Å². The summed E-state index contributed by atoms with van der Waals surface area (Å²) in [7, 11) is 0. The maximum atomic E-state index is 13.1. The van der Waals surface area contributed by atoms with Crippen molar-refractivity contribution in [1.82, 2.24) is 5.32 Å². The van der Waals surface area contributed by atoms with Crippen molar-refractivity contribution in [2.75, 3.05) is 0 Å². The number of hydrogen-bond acceptors (Lipinski definition) is 1. The lowest BCUT2D eigenvalue weighted by Gasteiger charge is -2.26. The summed E-state index contributed by atoms with van der Waals surface area (Å²) in [4.78, 5) is 11.8.